The summed E-state index contributed by atoms with van der Waals surface area (Å²) >= 11 is 0. The van der Waals surface area contributed by atoms with Gasteiger partial charge in [0, 0.05) is 6.04 Å². The highest BCUT2D eigenvalue weighted by Crippen LogP contribution is 2.26. The van der Waals surface area contributed by atoms with Crippen molar-refractivity contribution < 1.29 is 0 Å². The quantitative estimate of drug-likeness (QED) is 0.643. The van der Waals surface area contributed by atoms with Gasteiger partial charge in [-0.3, -0.25) is 0 Å². The van der Waals surface area contributed by atoms with E-state index >= 15 is 0 Å². The molecule has 1 rings (SSSR count). The summed E-state index contributed by atoms with van der Waals surface area (Å²) in [5.74, 6) is 0. The number of nitrogens with zero attached hydrogens (tertiary/aromatic N) is 1. The lowest BCUT2D eigenvalue weighted by atomic mass is 9.96. The lowest BCUT2D eigenvalue weighted by Gasteiger charge is -2.40. The largest absolute Gasteiger partial charge is 0.314 e. The summed E-state index contributed by atoms with van der Waals surface area (Å²) in [6.45, 7) is 11.9. The Hall–Kier alpha value is -0.603. The summed E-state index contributed by atoms with van der Waals surface area (Å²) in [7, 11) is 0.432. The minimum atomic E-state index is -1.78. The van der Waals surface area contributed by atoms with Gasteiger partial charge in [-0.2, -0.15) is 0 Å². The second-order valence-electron chi connectivity index (χ2n) is 4.40. The Balaban J connectivity index is 2.78. The van der Waals surface area contributed by atoms with Crippen molar-refractivity contribution in [3.63, 3.8) is 0 Å². The van der Waals surface area contributed by atoms with Crippen molar-refractivity contribution in [3.8, 4) is 0 Å². The summed E-state index contributed by atoms with van der Waals surface area (Å²) in [6, 6.07) is 0.708. The van der Waals surface area contributed by atoms with Gasteiger partial charge in [-0.05, 0) is 19.9 Å². The first-order chi connectivity index (χ1) is 7.20. The molecule has 0 aromatic carbocycles. The van der Waals surface area contributed by atoms with E-state index in [1.54, 1.807) is 0 Å². The zero-order valence-corrected chi connectivity index (χ0v) is 10.9. The molecule has 0 saturated heterocycles. The molecule has 0 spiro atoms. The molecular weight excluding hydrogens is 198 g/mol. The van der Waals surface area contributed by atoms with Gasteiger partial charge in [-0.1, -0.05) is 36.4 Å². The second-order valence-corrected chi connectivity index (χ2v) is 8.11. The van der Waals surface area contributed by atoms with Gasteiger partial charge in [0.2, 0.25) is 8.24 Å². The fourth-order valence-electron chi connectivity index (χ4n) is 2.47. The van der Waals surface area contributed by atoms with Crippen LogP contribution in [0.2, 0.25) is 0 Å². The average Bonchev–Trinajstić information content (AvgIpc) is 2.33. The highest BCUT2D eigenvalue weighted by atomic mass is 28.3. The predicted molar refractivity (Wildman–Crippen MR) is 71.0 cm³/mol. The van der Waals surface area contributed by atoms with Crippen LogP contribution in [0.5, 0.6) is 0 Å². The van der Waals surface area contributed by atoms with Gasteiger partial charge in [-0.25, -0.2) is 0 Å². The third-order valence-corrected chi connectivity index (χ3v) is 7.26. The van der Waals surface area contributed by atoms with Crippen LogP contribution in [-0.4, -0.2) is 25.9 Å². The van der Waals surface area contributed by atoms with Crippen molar-refractivity contribution in [1.29, 1.82) is 0 Å². The summed E-state index contributed by atoms with van der Waals surface area (Å²) in [4.78, 5) is 0. The van der Waals surface area contributed by atoms with Crippen molar-refractivity contribution in [2.24, 2.45) is 0 Å². The van der Waals surface area contributed by atoms with Gasteiger partial charge in [0.15, 0.2) is 0 Å². The van der Waals surface area contributed by atoms with Crippen molar-refractivity contribution in [1.82, 2.24) is 4.57 Å². The Kier molecular flexibility index (Phi) is 4.55. The van der Waals surface area contributed by atoms with Crippen LogP contribution in [0.1, 0.15) is 32.1 Å². The van der Waals surface area contributed by atoms with Crippen molar-refractivity contribution >= 4 is 8.24 Å². The first-order valence-corrected chi connectivity index (χ1v) is 8.02. The van der Waals surface area contributed by atoms with Gasteiger partial charge in [0.1, 0.15) is 0 Å². The first-order valence-electron chi connectivity index (χ1n) is 5.84. The molecule has 0 heterocycles. The summed E-state index contributed by atoms with van der Waals surface area (Å²) in [5, 5.41) is 0. The molecule has 1 aliphatic rings. The minimum absolute atomic E-state index is 0.708. The smallest absolute Gasteiger partial charge is 0.201 e. The monoisotopic (exact) mass is 221 g/mol. The van der Waals surface area contributed by atoms with Crippen molar-refractivity contribution in [2.45, 2.75) is 38.1 Å². The third kappa shape index (κ3) is 2.50. The Morgan fingerprint density at radius 2 is 1.47 bits per heavy atom. The molecule has 0 aromatic heterocycles. The second kappa shape index (κ2) is 5.47. The Morgan fingerprint density at radius 3 is 1.87 bits per heavy atom. The molecule has 1 nitrogen and oxygen atoms in total. The van der Waals surface area contributed by atoms with Gasteiger partial charge >= 0.3 is 0 Å². The highest BCUT2D eigenvalue weighted by Gasteiger charge is 2.33. The molecule has 0 unspecified atom stereocenters. The molecule has 0 N–H and O–H groups in total. The topological polar surface area (TPSA) is 3.24 Å². The molecule has 15 heavy (non-hydrogen) atoms. The van der Waals surface area contributed by atoms with Crippen LogP contribution in [0.4, 0.5) is 0 Å². The molecule has 0 atom stereocenters. The van der Waals surface area contributed by atoms with Crippen LogP contribution in [0.25, 0.3) is 0 Å². The van der Waals surface area contributed by atoms with Gasteiger partial charge in [-0.15, -0.1) is 19.7 Å². The Morgan fingerprint density at radius 1 is 1.00 bits per heavy atom. The van der Waals surface area contributed by atoms with E-state index in [0.717, 1.165) is 0 Å². The third-order valence-electron chi connectivity index (χ3n) is 3.71. The molecule has 84 valence electrons. The van der Waals surface area contributed by atoms with Gasteiger partial charge < -0.3 is 4.57 Å². The van der Waals surface area contributed by atoms with Gasteiger partial charge in [0.05, 0.1) is 0 Å². The summed E-state index contributed by atoms with van der Waals surface area (Å²) in [6.07, 6.45) is 6.77. The Bertz CT molecular complexity index is 219. The van der Waals surface area contributed by atoms with E-state index in [0.29, 0.717) is 6.04 Å². The van der Waals surface area contributed by atoms with Gasteiger partial charge in [0.25, 0.3) is 0 Å². The van der Waals surface area contributed by atoms with E-state index in [2.05, 4.69) is 48.4 Å². The van der Waals surface area contributed by atoms with Crippen LogP contribution in [0, 0.1) is 0 Å². The van der Waals surface area contributed by atoms with Crippen molar-refractivity contribution in [2.75, 3.05) is 7.05 Å². The van der Waals surface area contributed by atoms with Crippen LogP contribution in [0.15, 0.2) is 36.8 Å². The van der Waals surface area contributed by atoms with Crippen LogP contribution in [-0.2, 0) is 0 Å². The minimum Gasteiger partial charge on any atom is -0.314 e. The summed E-state index contributed by atoms with van der Waals surface area (Å²) in [5.41, 5.74) is 6.21. The lowest BCUT2D eigenvalue weighted by Crippen LogP contribution is -2.53. The molecule has 0 aromatic rings. The maximum atomic E-state index is 3.97. The Labute approximate surface area is 95.3 Å². The molecule has 0 aliphatic heterocycles. The molecule has 1 saturated carbocycles. The maximum absolute atomic E-state index is 3.97. The van der Waals surface area contributed by atoms with E-state index in [4.69, 9.17) is 0 Å². The highest BCUT2D eigenvalue weighted by molar-refractivity contribution is 6.90. The molecule has 0 amide bonds. The normalized spacial score (nSPS) is 18.8. The number of hydrogen-bond acceptors (Lipinski definition) is 1. The van der Waals surface area contributed by atoms with E-state index in [1.807, 2.05) is 0 Å². The molecule has 0 bridgehead atoms. The van der Waals surface area contributed by atoms with Crippen LogP contribution in [0.3, 0.4) is 0 Å². The molecule has 1 aliphatic carbocycles. The fraction of sp³-hybridized carbons (Fsp3) is 0.538. The van der Waals surface area contributed by atoms with E-state index in [9.17, 15) is 0 Å². The lowest BCUT2D eigenvalue weighted by molar-refractivity contribution is 0.285. The van der Waals surface area contributed by atoms with Crippen LogP contribution >= 0.6 is 0 Å². The first kappa shape index (κ1) is 12.5. The number of hydrogen-bond donors (Lipinski definition) is 0. The molecule has 0 radical (unpaired) electrons. The standard InChI is InChI=1S/C13H23NSi/c1-5-15(6-2,7-3)14(4)13-11-9-8-10-12-13/h5-7,13H,1-3,8-12H2,4H3. The zero-order chi connectivity index (χ0) is 11.3. The number of rotatable bonds is 5. The fourth-order valence-corrected chi connectivity index (χ4v) is 4.72. The zero-order valence-electron chi connectivity index (χ0n) is 9.91. The van der Waals surface area contributed by atoms with Crippen molar-refractivity contribution in [3.05, 3.63) is 36.8 Å². The SMILES string of the molecule is C=C[Si](C=C)(C=C)N(C)C1CCCCC1. The molecular formula is C13H23NSi. The maximum Gasteiger partial charge on any atom is 0.201 e. The summed E-state index contributed by atoms with van der Waals surface area (Å²) < 4.78 is 2.50. The van der Waals surface area contributed by atoms with Crippen LogP contribution < -0.4 is 0 Å². The van der Waals surface area contributed by atoms with E-state index in [-0.39, 0.29) is 0 Å². The molecule has 2 heteroatoms. The van der Waals surface area contributed by atoms with E-state index in [1.165, 1.54) is 32.1 Å². The van der Waals surface area contributed by atoms with E-state index < -0.39 is 8.24 Å². The molecule has 1 fully saturated rings. The predicted octanol–water partition coefficient (Wildman–Crippen LogP) is 3.37. The average molecular weight is 221 g/mol.